The van der Waals surface area contributed by atoms with E-state index in [2.05, 4.69) is 133 Å². The Bertz CT molecular complexity index is 2100. The quantitative estimate of drug-likeness (QED) is 0.209. The zero-order valence-electron chi connectivity index (χ0n) is 23.8. The molecule has 1 aliphatic heterocycles. The molecule has 206 valence electrons. The molecule has 1 aromatic heterocycles. The second-order valence-electron chi connectivity index (χ2n) is 11.3. The van der Waals surface area contributed by atoms with E-state index in [9.17, 15) is 0 Å². The van der Waals surface area contributed by atoms with E-state index in [1.54, 1.807) is 0 Å². The minimum Gasteiger partial charge on any atom is -0.228 e. The van der Waals surface area contributed by atoms with E-state index in [0.29, 0.717) is 0 Å². The van der Waals surface area contributed by atoms with E-state index in [0.717, 1.165) is 33.9 Å². The van der Waals surface area contributed by atoms with Gasteiger partial charge in [-0.15, -0.1) is 0 Å². The van der Waals surface area contributed by atoms with Crippen LogP contribution >= 0.6 is 11.8 Å². The minimum absolute atomic E-state index is 0.419. The van der Waals surface area contributed by atoms with E-state index in [1.807, 2.05) is 36.0 Å². The van der Waals surface area contributed by atoms with Gasteiger partial charge in [0.1, 0.15) is 0 Å². The number of benzene rings is 6. The summed E-state index contributed by atoms with van der Waals surface area (Å²) < 4.78 is 0. The fourth-order valence-corrected chi connectivity index (χ4v) is 8.26. The summed E-state index contributed by atoms with van der Waals surface area (Å²) in [6, 6.07) is 56.5. The maximum absolute atomic E-state index is 5.18. The van der Waals surface area contributed by atoms with Crippen LogP contribution in [0.15, 0.2) is 168 Å². The highest BCUT2D eigenvalue weighted by atomic mass is 32.2. The summed E-state index contributed by atoms with van der Waals surface area (Å²) in [5.41, 5.74) is 12.5. The molecule has 1 aliphatic carbocycles. The number of aromatic nitrogens is 2. The van der Waals surface area contributed by atoms with E-state index >= 15 is 0 Å². The fourth-order valence-electron chi connectivity index (χ4n) is 7.08. The second kappa shape index (κ2) is 9.90. The number of fused-ring (bicyclic) bond motifs is 9. The topological polar surface area (TPSA) is 25.8 Å². The first kappa shape index (κ1) is 25.3. The monoisotopic (exact) mass is 578 g/mol. The van der Waals surface area contributed by atoms with Gasteiger partial charge in [0.15, 0.2) is 5.82 Å². The number of rotatable bonds is 3. The van der Waals surface area contributed by atoms with Gasteiger partial charge in [-0.2, -0.15) is 0 Å². The SMILES string of the molecule is c1ccc(-c2cc(-c3ccc4c(c3)C3(c5ccccc5S4)c4ccccc4-c4ccccc43)nc(-c3ccccc3)n2)cc1. The van der Waals surface area contributed by atoms with Gasteiger partial charge in [-0.25, -0.2) is 9.97 Å². The van der Waals surface area contributed by atoms with Crippen molar-refractivity contribution in [1.82, 2.24) is 9.97 Å². The van der Waals surface area contributed by atoms with Crippen molar-refractivity contribution in [2.45, 2.75) is 15.2 Å². The molecule has 2 nitrogen and oxygen atoms in total. The molecular formula is C41H26N2S. The Labute approximate surface area is 261 Å². The summed E-state index contributed by atoms with van der Waals surface area (Å²) >= 11 is 1.86. The van der Waals surface area contributed by atoms with Crippen LogP contribution in [0.4, 0.5) is 0 Å². The Kier molecular flexibility index (Phi) is 5.69. The molecule has 0 fully saturated rings. The maximum atomic E-state index is 5.18. The third kappa shape index (κ3) is 3.69. The largest absolute Gasteiger partial charge is 0.228 e. The highest BCUT2D eigenvalue weighted by molar-refractivity contribution is 7.99. The Morgan fingerprint density at radius 3 is 1.59 bits per heavy atom. The lowest BCUT2D eigenvalue weighted by molar-refractivity contribution is 0.722. The third-order valence-corrected chi connectivity index (χ3v) is 10.1. The van der Waals surface area contributed by atoms with Crippen LogP contribution in [0.3, 0.4) is 0 Å². The van der Waals surface area contributed by atoms with Gasteiger partial charge in [-0.3, -0.25) is 0 Å². The Morgan fingerprint density at radius 2 is 0.909 bits per heavy atom. The van der Waals surface area contributed by atoms with E-state index in [4.69, 9.17) is 9.97 Å². The average molecular weight is 579 g/mol. The summed E-state index contributed by atoms with van der Waals surface area (Å²) in [6.45, 7) is 0. The Hall–Kier alpha value is -5.25. The molecule has 0 bridgehead atoms. The third-order valence-electron chi connectivity index (χ3n) is 8.97. The molecule has 2 heterocycles. The van der Waals surface area contributed by atoms with Crippen molar-refractivity contribution in [3.63, 3.8) is 0 Å². The molecule has 44 heavy (non-hydrogen) atoms. The van der Waals surface area contributed by atoms with Gasteiger partial charge in [-0.05, 0) is 57.6 Å². The van der Waals surface area contributed by atoms with Gasteiger partial charge in [-0.1, -0.05) is 145 Å². The molecule has 9 rings (SSSR count). The molecule has 0 saturated carbocycles. The van der Waals surface area contributed by atoms with Crippen LogP contribution < -0.4 is 0 Å². The van der Waals surface area contributed by atoms with Crippen molar-refractivity contribution in [2.24, 2.45) is 0 Å². The summed E-state index contributed by atoms with van der Waals surface area (Å²) in [7, 11) is 0. The Morgan fingerprint density at radius 1 is 0.386 bits per heavy atom. The molecule has 6 aromatic carbocycles. The lowest BCUT2D eigenvalue weighted by Gasteiger charge is -2.39. The van der Waals surface area contributed by atoms with Crippen molar-refractivity contribution in [2.75, 3.05) is 0 Å². The standard InChI is InChI=1S/C41H26N2S/c1-3-13-27(14-4-1)36-26-37(43-40(42-36)28-15-5-2-6-16-28)29-23-24-39-35(25-29)41(34-21-11-12-22-38(34)44-39)32-19-9-7-17-30(32)31-18-8-10-20-33(31)41/h1-26H. The molecule has 0 atom stereocenters. The average Bonchev–Trinajstić information content (AvgIpc) is 3.40. The molecule has 3 heteroatoms. The van der Waals surface area contributed by atoms with E-state index in [1.165, 1.54) is 43.2 Å². The summed E-state index contributed by atoms with van der Waals surface area (Å²) in [6.07, 6.45) is 0. The number of hydrogen-bond donors (Lipinski definition) is 0. The van der Waals surface area contributed by atoms with Gasteiger partial charge < -0.3 is 0 Å². The van der Waals surface area contributed by atoms with E-state index in [-0.39, 0.29) is 0 Å². The Balaban J connectivity index is 1.32. The van der Waals surface area contributed by atoms with Crippen LogP contribution in [0.5, 0.6) is 0 Å². The van der Waals surface area contributed by atoms with Crippen molar-refractivity contribution in [3.05, 3.63) is 180 Å². The summed E-state index contributed by atoms with van der Waals surface area (Å²) in [5.74, 6) is 0.727. The van der Waals surface area contributed by atoms with Gasteiger partial charge in [0.25, 0.3) is 0 Å². The maximum Gasteiger partial charge on any atom is 0.160 e. The van der Waals surface area contributed by atoms with Gasteiger partial charge in [0, 0.05) is 26.5 Å². The minimum atomic E-state index is -0.419. The van der Waals surface area contributed by atoms with Crippen LogP contribution in [0.1, 0.15) is 22.3 Å². The first-order valence-electron chi connectivity index (χ1n) is 14.9. The lowest BCUT2D eigenvalue weighted by atomic mass is 9.67. The molecule has 0 radical (unpaired) electrons. The molecule has 0 N–H and O–H groups in total. The van der Waals surface area contributed by atoms with Crippen LogP contribution in [0, 0.1) is 0 Å². The molecule has 0 unspecified atom stereocenters. The van der Waals surface area contributed by atoms with Gasteiger partial charge >= 0.3 is 0 Å². The smallest absolute Gasteiger partial charge is 0.160 e. The van der Waals surface area contributed by atoms with Crippen LogP contribution in [0.25, 0.3) is 45.0 Å². The van der Waals surface area contributed by atoms with E-state index < -0.39 is 5.41 Å². The van der Waals surface area contributed by atoms with Crippen LogP contribution in [0.2, 0.25) is 0 Å². The second-order valence-corrected chi connectivity index (χ2v) is 12.4. The van der Waals surface area contributed by atoms with Crippen LogP contribution in [-0.4, -0.2) is 9.97 Å². The van der Waals surface area contributed by atoms with Gasteiger partial charge in [0.05, 0.1) is 16.8 Å². The molecule has 2 aliphatic rings. The van der Waals surface area contributed by atoms with Crippen molar-refractivity contribution in [1.29, 1.82) is 0 Å². The predicted octanol–water partition coefficient (Wildman–Crippen LogP) is 10.3. The summed E-state index contributed by atoms with van der Waals surface area (Å²) in [5, 5.41) is 0. The fraction of sp³-hybridized carbons (Fsp3) is 0.0244. The van der Waals surface area contributed by atoms with Crippen molar-refractivity contribution in [3.8, 4) is 45.0 Å². The molecule has 0 saturated heterocycles. The van der Waals surface area contributed by atoms with Crippen LogP contribution in [-0.2, 0) is 5.41 Å². The molecular weight excluding hydrogens is 553 g/mol. The van der Waals surface area contributed by atoms with Crippen molar-refractivity contribution >= 4 is 11.8 Å². The summed E-state index contributed by atoms with van der Waals surface area (Å²) in [4.78, 5) is 12.8. The zero-order chi connectivity index (χ0) is 29.1. The van der Waals surface area contributed by atoms with Crippen molar-refractivity contribution < 1.29 is 0 Å². The zero-order valence-corrected chi connectivity index (χ0v) is 24.6. The molecule has 0 amide bonds. The highest BCUT2D eigenvalue weighted by Gasteiger charge is 2.50. The molecule has 1 spiro atoms. The first-order chi connectivity index (χ1) is 21.8. The number of hydrogen-bond acceptors (Lipinski definition) is 3. The molecule has 7 aromatic rings. The van der Waals surface area contributed by atoms with Gasteiger partial charge in [0.2, 0.25) is 0 Å². The predicted molar refractivity (Wildman–Crippen MR) is 180 cm³/mol. The highest BCUT2D eigenvalue weighted by Crippen LogP contribution is 2.62. The first-order valence-corrected chi connectivity index (χ1v) is 15.7. The normalized spacial score (nSPS) is 13.5. The number of nitrogens with zero attached hydrogens (tertiary/aromatic N) is 2. The lowest BCUT2D eigenvalue weighted by Crippen LogP contribution is -2.32.